The van der Waals surface area contributed by atoms with Crippen LogP contribution in [0.15, 0.2) is 4.99 Å². The molecular weight excluding hydrogens is 184 g/mol. The van der Waals surface area contributed by atoms with Crippen LogP contribution >= 0.6 is 0 Å². The second-order valence-electron chi connectivity index (χ2n) is 2.77. The Labute approximate surface area is 83.7 Å². The normalized spacial score (nSPS) is 10.7. The van der Waals surface area contributed by atoms with E-state index in [-0.39, 0.29) is 6.03 Å². The van der Waals surface area contributed by atoms with Crippen molar-refractivity contribution in [3.8, 4) is 0 Å². The van der Waals surface area contributed by atoms with Crippen LogP contribution in [0.3, 0.4) is 0 Å². The second-order valence-corrected chi connectivity index (χ2v) is 2.77. The van der Waals surface area contributed by atoms with Gasteiger partial charge in [-0.15, -0.1) is 0 Å². The van der Waals surface area contributed by atoms with Crippen molar-refractivity contribution in [2.45, 2.75) is 0 Å². The Morgan fingerprint density at radius 2 is 1.93 bits per heavy atom. The second kappa shape index (κ2) is 6.96. The summed E-state index contributed by atoms with van der Waals surface area (Å²) in [5.74, 6) is 5.62. The van der Waals surface area contributed by atoms with Crippen molar-refractivity contribution in [1.82, 2.24) is 21.0 Å². The van der Waals surface area contributed by atoms with Crippen molar-refractivity contribution < 1.29 is 4.79 Å². The van der Waals surface area contributed by atoms with Gasteiger partial charge in [0.05, 0.1) is 0 Å². The lowest BCUT2D eigenvalue weighted by atomic mass is 10.6. The van der Waals surface area contributed by atoms with Crippen LogP contribution in [0.4, 0.5) is 4.79 Å². The Hall–Kier alpha value is -1.50. The summed E-state index contributed by atoms with van der Waals surface area (Å²) in [5, 5.41) is 5.58. The molecule has 0 atom stereocenters. The molecular formula is C7H18N6O. The van der Waals surface area contributed by atoms with Crippen molar-refractivity contribution in [2.75, 3.05) is 34.2 Å². The summed E-state index contributed by atoms with van der Waals surface area (Å²) < 4.78 is 0. The van der Waals surface area contributed by atoms with Crippen LogP contribution in [0, 0.1) is 0 Å². The predicted molar refractivity (Wildman–Crippen MR) is 55.8 cm³/mol. The number of carbonyl (C=O) groups excluding carboxylic acids is 1. The van der Waals surface area contributed by atoms with E-state index in [0.717, 1.165) is 0 Å². The van der Waals surface area contributed by atoms with Crippen LogP contribution in [0.5, 0.6) is 0 Å². The van der Waals surface area contributed by atoms with Gasteiger partial charge < -0.3 is 15.5 Å². The molecule has 0 saturated carbocycles. The zero-order valence-electron chi connectivity index (χ0n) is 8.79. The first-order valence-corrected chi connectivity index (χ1v) is 4.24. The molecule has 0 unspecified atom stereocenters. The first-order chi connectivity index (χ1) is 6.61. The number of guanidine groups is 1. The number of hydrazine groups is 1. The summed E-state index contributed by atoms with van der Waals surface area (Å²) in [4.78, 5) is 16.3. The maximum absolute atomic E-state index is 11.0. The van der Waals surface area contributed by atoms with Gasteiger partial charge in [-0.2, -0.15) is 0 Å². The van der Waals surface area contributed by atoms with Crippen molar-refractivity contribution in [1.29, 1.82) is 0 Å². The molecule has 7 heteroatoms. The van der Waals surface area contributed by atoms with E-state index in [9.17, 15) is 4.79 Å². The molecule has 0 bridgehead atoms. The molecule has 0 rings (SSSR count). The fourth-order valence-corrected chi connectivity index (χ4v) is 0.703. The summed E-state index contributed by atoms with van der Waals surface area (Å²) in [6.07, 6.45) is 0. The molecule has 0 radical (unpaired) electrons. The third kappa shape index (κ3) is 5.20. The number of urea groups is 1. The van der Waals surface area contributed by atoms with E-state index in [0.29, 0.717) is 19.0 Å². The van der Waals surface area contributed by atoms with E-state index in [2.05, 4.69) is 21.1 Å². The minimum absolute atomic E-state index is 0.123. The van der Waals surface area contributed by atoms with Gasteiger partial charge in [0.25, 0.3) is 0 Å². The van der Waals surface area contributed by atoms with Gasteiger partial charge in [-0.25, -0.2) is 10.6 Å². The molecule has 0 aromatic heterocycles. The third-order valence-corrected chi connectivity index (χ3v) is 1.46. The molecule has 0 saturated heterocycles. The zero-order chi connectivity index (χ0) is 11.0. The van der Waals surface area contributed by atoms with Crippen LogP contribution in [0.1, 0.15) is 0 Å². The Morgan fingerprint density at radius 1 is 1.36 bits per heavy atom. The van der Waals surface area contributed by atoms with Gasteiger partial charge in [-0.05, 0) is 0 Å². The van der Waals surface area contributed by atoms with Crippen LogP contribution in [0.25, 0.3) is 0 Å². The van der Waals surface area contributed by atoms with Crippen LogP contribution < -0.4 is 21.9 Å². The highest BCUT2D eigenvalue weighted by molar-refractivity contribution is 5.79. The van der Waals surface area contributed by atoms with Gasteiger partial charge in [0, 0.05) is 34.2 Å². The molecule has 0 spiro atoms. The maximum Gasteiger partial charge on any atom is 0.316 e. The van der Waals surface area contributed by atoms with Crippen LogP contribution in [-0.4, -0.2) is 51.1 Å². The fraction of sp³-hybridized carbons (Fsp3) is 0.714. The monoisotopic (exact) mass is 202 g/mol. The average Bonchev–Trinajstić information content (AvgIpc) is 2.17. The smallest absolute Gasteiger partial charge is 0.316 e. The first kappa shape index (κ1) is 12.5. The van der Waals surface area contributed by atoms with Gasteiger partial charge >= 0.3 is 6.03 Å². The van der Waals surface area contributed by atoms with E-state index in [1.807, 2.05) is 0 Å². The topological polar surface area (TPSA) is 94.8 Å². The summed E-state index contributed by atoms with van der Waals surface area (Å²) in [5.41, 5.74) is 2.38. The van der Waals surface area contributed by atoms with Crippen molar-refractivity contribution in [3.05, 3.63) is 0 Å². The number of aliphatic imine (C=N–C) groups is 1. The van der Waals surface area contributed by atoms with Crippen molar-refractivity contribution in [2.24, 2.45) is 10.8 Å². The zero-order valence-corrected chi connectivity index (χ0v) is 8.79. The number of amides is 2. The number of nitrogens with zero attached hydrogens (tertiary/aromatic N) is 2. The lowest BCUT2D eigenvalue weighted by Gasteiger charge is -2.12. The Balaban J connectivity index is 3.51. The molecule has 0 aromatic rings. The summed E-state index contributed by atoms with van der Waals surface area (Å²) >= 11 is 0. The number of hydrogen-bond donors (Lipinski definition) is 4. The quantitative estimate of drug-likeness (QED) is 0.144. The SMILES string of the molecule is CN=C(NN)NCCNC(=O)N(C)C. The van der Waals surface area contributed by atoms with E-state index in [4.69, 9.17) is 5.84 Å². The largest absolute Gasteiger partial charge is 0.354 e. The van der Waals surface area contributed by atoms with Gasteiger partial charge in [-0.1, -0.05) is 0 Å². The molecule has 5 N–H and O–H groups in total. The first-order valence-electron chi connectivity index (χ1n) is 4.24. The number of carbonyl (C=O) groups is 1. The molecule has 7 nitrogen and oxygen atoms in total. The van der Waals surface area contributed by atoms with E-state index in [1.54, 1.807) is 21.1 Å². The highest BCUT2D eigenvalue weighted by Gasteiger charge is 2.00. The van der Waals surface area contributed by atoms with Gasteiger partial charge in [0.2, 0.25) is 5.96 Å². The third-order valence-electron chi connectivity index (χ3n) is 1.46. The molecule has 0 fully saturated rings. The fourth-order valence-electron chi connectivity index (χ4n) is 0.703. The molecule has 0 aliphatic heterocycles. The summed E-state index contributed by atoms with van der Waals surface area (Å²) in [6, 6.07) is -0.123. The summed E-state index contributed by atoms with van der Waals surface area (Å²) in [6.45, 7) is 1.08. The molecule has 2 amide bonds. The van der Waals surface area contributed by atoms with Crippen molar-refractivity contribution >= 4 is 12.0 Å². The predicted octanol–water partition coefficient (Wildman–Crippen LogP) is -1.70. The molecule has 0 aliphatic carbocycles. The number of hydrogen-bond acceptors (Lipinski definition) is 3. The number of nitrogens with one attached hydrogen (secondary N) is 3. The minimum atomic E-state index is -0.123. The Morgan fingerprint density at radius 3 is 2.36 bits per heavy atom. The number of rotatable bonds is 3. The lowest BCUT2D eigenvalue weighted by molar-refractivity contribution is 0.217. The van der Waals surface area contributed by atoms with Gasteiger partial charge in [0.1, 0.15) is 0 Å². The van der Waals surface area contributed by atoms with E-state index < -0.39 is 0 Å². The Kier molecular flexibility index (Phi) is 6.21. The maximum atomic E-state index is 11.0. The van der Waals surface area contributed by atoms with Gasteiger partial charge in [0.15, 0.2) is 0 Å². The highest BCUT2D eigenvalue weighted by atomic mass is 16.2. The molecule has 82 valence electrons. The lowest BCUT2D eigenvalue weighted by Crippen LogP contribution is -2.45. The Bertz CT molecular complexity index is 202. The van der Waals surface area contributed by atoms with Gasteiger partial charge in [-0.3, -0.25) is 10.4 Å². The van der Waals surface area contributed by atoms with Crippen molar-refractivity contribution in [3.63, 3.8) is 0 Å². The number of nitrogens with two attached hydrogens (primary N) is 1. The molecule has 0 heterocycles. The van der Waals surface area contributed by atoms with E-state index >= 15 is 0 Å². The highest BCUT2D eigenvalue weighted by Crippen LogP contribution is 1.74. The molecule has 0 aromatic carbocycles. The van der Waals surface area contributed by atoms with Crippen LogP contribution in [0.2, 0.25) is 0 Å². The van der Waals surface area contributed by atoms with E-state index in [1.165, 1.54) is 4.90 Å². The standard InChI is InChI=1S/C7H18N6O/c1-9-6(12-8)10-4-5-11-7(14)13(2)3/h4-5,8H2,1-3H3,(H,11,14)(H2,9,10,12). The summed E-state index contributed by atoms with van der Waals surface area (Å²) in [7, 11) is 4.98. The molecule has 0 aliphatic rings. The average molecular weight is 202 g/mol. The minimum Gasteiger partial charge on any atom is -0.354 e. The van der Waals surface area contributed by atoms with Crippen LogP contribution in [-0.2, 0) is 0 Å². The molecule has 14 heavy (non-hydrogen) atoms.